The smallest absolute Gasteiger partial charge is 0.260 e. The molecule has 26 heavy (non-hydrogen) atoms. The monoisotopic (exact) mass is 411 g/mol. The molecule has 0 heterocycles. The second-order valence-electron chi connectivity index (χ2n) is 6.10. The molecule has 0 saturated heterocycles. The molecule has 0 unspecified atom stereocenters. The number of amides is 1. The van der Waals surface area contributed by atoms with Crippen molar-refractivity contribution >= 4 is 40.9 Å². The maximum absolute atomic E-state index is 12.1. The molecule has 1 N–H and O–H groups in total. The van der Waals surface area contributed by atoms with Crippen LogP contribution in [0.3, 0.4) is 0 Å². The van der Waals surface area contributed by atoms with Crippen molar-refractivity contribution in [3.8, 4) is 5.75 Å². The van der Waals surface area contributed by atoms with Gasteiger partial charge in [-0.3, -0.25) is 4.79 Å². The molecule has 0 fully saturated rings. The second kappa shape index (κ2) is 10.1. The van der Waals surface area contributed by atoms with E-state index < -0.39 is 6.10 Å². The lowest BCUT2D eigenvalue weighted by molar-refractivity contribution is -0.127. The van der Waals surface area contributed by atoms with Gasteiger partial charge in [-0.25, -0.2) is 0 Å². The first-order valence-corrected chi connectivity index (χ1v) is 10.3. The highest BCUT2D eigenvalue weighted by atomic mass is 35.5. The van der Waals surface area contributed by atoms with Crippen molar-refractivity contribution in [2.75, 3.05) is 12.3 Å². The zero-order valence-corrected chi connectivity index (χ0v) is 17.5. The number of aryl methyl sites for hydroxylation is 2. The molecule has 2 aromatic rings. The summed E-state index contributed by atoms with van der Waals surface area (Å²) in [5.74, 6) is 2.23. The first-order valence-electron chi connectivity index (χ1n) is 8.40. The third-order valence-corrected chi connectivity index (χ3v) is 5.73. The third kappa shape index (κ3) is 6.42. The predicted molar refractivity (Wildman–Crippen MR) is 112 cm³/mol. The zero-order chi connectivity index (χ0) is 19.1. The lowest BCUT2D eigenvalue weighted by atomic mass is 10.1. The molecule has 6 heteroatoms. The van der Waals surface area contributed by atoms with Crippen molar-refractivity contribution < 1.29 is 9.53 Å². The fourth-order valence-electron chi connectivity index (χ4n) is 2.25. The summed E-state index contributed by atoms with van der Waals surface area (Å²) in [6, 6.07) is 11.5. The Labute approximate surface area is 169 Å². The van der Waals surface area contributed by atoms with Crippen LogP contribution in [0.5, 0.6) is 5.75 Å². The lowest BCUT2D eigenvalue weighted by Crippen LogP contribution is -2.37. The molecule has 0 aliphatic rings. The zero-order valence-electron chi connectivity index (χ0n) is 15.1. The number of carbonyl (C=O) groups excluding carboxylic acids is 1. The van der Waals surface area contributed by atoms with Crippen molar-refractivity contribution in [3.63, 3.8) is 0 Å². The van der Waals surface area contributed by atoms with Gasteiger partial charge in [0.2, 0.25) is 0 Å². The van der Waals surface area contributed by atoms with E-state index >= 15 is 0 Å². The summed E-state index contributed by atoms with van der Waals surface area (Å²) >= 11 is 13.6. The Morgan fingerprint density at radius 2 is 1.88 bits per heavy atom. The van der Waals surface area contributed by atoms with Gasteiger partial charge in [0.1, 0.15) is 5.75 Å². The van der Waals surface area contributed by atoms with Crippen molar-refractivity contribution in [3.05, 3.63) is 63.1 Å². The lowest BCUT2D eigenvalue weighted by Gasteiger charge is -2.15. The number of hydrogen-bond donors (Lipinski definition) is 1. The number of nitrogens with one attached hydrogen (secondary N) is 1. The second-order valence-corrected chi connectivity index (χ2v) is 8.02. The summed E-state index contributed by atoms with van der Waals surface area (Å²) < 4.78 is 5.72. The van der Waals surface area contributed by atoms with E-state index in [4.69, 9.17) is 27.9 Å². The van der Waals surface area contributed by atoms with Crippen molar-refractivity contribution in [1.82, 2.24) is 5.32 Å². The molecule has 2 rings (SSSR count). The van der Waals surface area contributed by atoms with Crippen LogP contribution in [-0.4, -0.2) is 24.3 Å². The van der Waals surface area contributed by atoms with Crippen LogP contribution in [0.1, 0.15) is 23.6 Å². The van der Waals surface area contributed by atoms with Crippen LogP contribution in [-0.2, 0) is 10.5 Å². The van der Waals surface area contributed by atoms with Gasteiger partial charge in [-0.1, -0.05) is 35.3 Å². The van der Waals surface area contributed by atoms with Crippen molar-refractivity contribution in [1.29, 1.82) is 0 Å². The standard InChI is InChI=1S/C20H23Cl2NO2S/c1-13-4-6-17(10-14(13)2)25-15(3)20(24)23-8-9-26-12-16-5-7-18(21)19(22)11-16/h4-7,10-11,15H,8-9,12H2,1-3H3,(H,23,24)/t15-/m0/s1. The quantitative estimate of drug-likeness (QED) is 0.588. The topological polar surface area (TPSA) is 38.3 Å². The normalized spacial score (nSPS) is 11.9. The number of carbonyl (C=O) groups is 1. The van der Waals surface area contributed by atoms with Crippen molar-refractivity contribution in [2.24, 2.45) is 0 Å². The highest BCUT2D eigenvalue weighted by Crippen LogP contribution is 2.24. The van der Waals surface area contributed by atoms with Gasteiger partial charge in [-0.2, -0.15) is 11.8 Å². The van der Waals surface area contributed by atoms with E-state index in [1.165, 1.54) is 5.56 Å². The average molecular weight is 412 g/mol. The minimum atomic E-state index is -0.530. The van der Waals surface area contributed by atoms with E-state index in [-0.39, 0.29) is 5.91 Å². The Bertz CT molecular complexity index is 767. The van der Waals surface area contributed by atoms with Crippen LogP contribution >= 0.6 is 35.0 Å². The molecule has 0 aliphatic carbocycles. The third-order valence-electron chi connectivity index (χ3n) is 3.96. The molecule has 3 nitrogen and oxygen atoms in total. The number of ether oxygens (including phenoxy) is 1. The minimum Gasteiger partial charge on any atom is -0.481 e. The Balaban J connectivity index is 1.69. The molecular weight excluding hydrogens is 389 g/mol. The Kier molecular flexibility index (Phi) is 8.14. The maximum atomic E-state index is 12.1. The van der Waals surface area contributed by atoms with Gasteiger partial charge < -0.3 is 10.1 Å². The fraction of sp³-hybridized carbons (Fsp3) is 0.350. The minimum absolute atomic E-state index is 0.113. The fourth-order valence-corrected chi connectivity index (χ4v) is 3.38. The molecule has 1 amide bonds. The number of rotatable bonds is 8. The van der Waals surface area contributed by atoms with Crippen molar-refractivity contribution in [2.45, 2.75) is 32.6 Å². The molecule has 2 aromatic carbocycles. The van der Waals surface area contributed by atoms with Crippen LogP contribution in [0.4, 0.5) is 0 Å². The van der Waals surface area contributed by atoms with Gasteiger partial charge in [0.15, 0.2) is 6.10 Å². The summed E-state index contributed by atoms with van der Waals surface area (Å²) in [6.07, 6.45) is -0.530. The molecule has 140 valence electrons. The van der Waals surface area contributed by atoms with E-state index in [1.54, 1.807) is 24.8 Å². The van der Waals surface area contributed by atoms with Gasteiger partial charge in [-0.05, 0) is 61.7 Å². The van der Waals surface area contributed by atoms with E-state index in [9.17, 15) is 4.79 Å². The highest BCUT2D eigenvalue weighted by Gasteiger charge is 2.14. The van der Waals surface area contributed by atoms with Crippen LogP contribution < -0.4 is 10.1 Å². The Morgan fingerprint density at radius 1 is 1.12 bits per heavy atom. The van der Waals surface area contributed by atoms with E-state index in [0.29, 0.717) is 22.3 Å². The molecule has 0 bridgehead atoms. The summed E-state index contributed by atoms with van der Waals surface area (Å²) in [6.45, 7) is 6.42. The molecule has 0 aromatic heterocycles. The first kappa shape index (κ1) is 20.9. The van der Waals surface area contributed by atoms with Gasteiger partial charge in [0, 0.05) is 18.1 Å². The predicted octanol–water partition coefficient (Wildman–Crippen LogP) is 5.43. The van der Waals surface area contributed by atoms with Gasteiger partial charge in [-0.15, -0.1) is 0 Å². The average Bonchev–Trinajstić information content (AvgIpc) is 2.60. The first-order chi connectivity index (χ1) is 12.4. The number of thioether (sulfide) groups is 1. The van der Waals surface area contributed by atoms with E-state index in [1.807, 2.05) is 44.2 Å². The number of halogens is 2. The largest absolute Gasteiger partial charge is 0.481 e. The van der Waals surface area contributed by atoms with Crippen LogP contribution in [0.25, 0.3) is 0 Å². The van der Waals surface area contributed by atoms with Gasteiger partial charge >= 0.3 is 0 Å². The highest BCUT2D eigenvalue weighted by molar-refractivity contribution is 7.98. The van der Waals surface area contributed by atoms with E-state index in [2.05, 4.69) is 5.32 Å². The molecule has 0 radical (unpaired) electrons. The summed E-state index contributed by atoms with van der Waals surface area (Å²) in [7, 11) is 0. The summed E-state index contributed by atoms with van der Waals surface area (Å²) in [5, 5.41) is 4.03. The molecule has 0 spiro atoms. The maximum Gasteiger partial charge on any atom is 0.260 e. The molecule has 0 saturated carbocycles. The van der Waals surface area contributed by atoms with Crippen LogP contribution in [0.15, 0.2) is 36.4 Å². The molecule has 0 aliphatic heterocycles. The van der Waals surface area contributed by atoms with Gasteiger partial charge in [0.05, 0.1) is 10.0 Å². The molecule has 1 atom stereocenters. The molecular formula is C20H23Cl2NO2S. The van der Waals surface area contributed by atoms with Gasteiger partial charge in [0.25, 0.3) is 5.91 Å². The van der Waals surface area contributed by atoms with Crippen LogP contribution in [0, 0.1) is 13.8 Å². The summed E-state index contributed by atoms with van der Waals surface area (Å²) in [5.41, 5.74) is 3.46. The SMILES string of the molecule is Cc1ccc(O[C@@H](C)C(=O)NCCSCc2ccc(Cl)c(Cl)c2)cc1C. The Morgan fingerprint density at radius 3 is 2.58 bits per heavy atom. The van der Waals surface area contributed by atoms with E-state index in [0.717, 1.165) is 22.6 Å². The number of hydrogen-bond acceptors (Lipinski definition) is 3. The summed E-state index contributed by atoms with van der Waals surface area (Å²) in [4.78, 5) is 12.1. The Hall–Kier alpha value is -1.36. The van der Waals surface area contributed by atoms with Crippen LogP contribution in [0.2, 0.25) is 10.0 Å². The number of benzene rings is 2.